The van der Waals surface area contributed by atoms with Gasteiger partial charge < -0.3 is 21.1 Å². The fraction of sp³-hybridized carbons (Fsp3) is 0.222. The van der Waals surface area contributed by atoms with Gasteiger partial charge in [0.25, 0.3) is 5.91 Å². The Hall–Kier alpha value is -2.86. The molecule has 0 heterocycles. The molecule has 0 aliphatic carbocycles. The van der Waals surface area contributed by atoms with Crippen molar-refractivity contribution in [3.8, 4) is 5.75 Å². The molecule has 0 fully saturated rings. The van der Waals surface area contributed by atoms with Crippen LogP contribution in [0.3, 0.4) is 0 Å². The van der Waals surface area contributed by atoms with E-state index in [1.165, 1.54) is 0 Å². The molecule has 24 heavy (non-hydrogen) atoms. The van der Waals surface area contributed by atoms with Gasteiger partial charge in [-0.25, -0.2) is 0 Å². The number of amides is 2. The summed E-state index contributed by atoms with van der Waals surface area (Å²) < 4.78 is 5.62. The zero-order chi connectivity index (χ0) is 17.5. The van der Waals surface area contributed by atoms with E-state index >= 15 is 0 Å². The maximum atomic E-state index is 12.1. The molecule has 0 spiro atoms. The fourth-order valence-corrected chi connectivity index (χ4v) is 2.25. The first kappa shape index (κ1) is 17.5. The third-order valence-corrected chi connectivity index (χ3v) is 3.42. The van der Waals surface area contributed by atoms with Crippen LogP contribution in [0.15, 0.2) is 42.5 Å². The number of hydrogen-bond acceptors (Lipinski definition) is 4. The van der Waals surface area contributed by atoms with E-state index < -0.39 is 0 Å². The van der Waals surface area contributed by atoms with Crippen LogP contribution in [0.1, 0.15) is 11.1 Å². The van der Waals surface area contributed by atoms with Gasteiger partial charge in [0.15, 0.2) is 6.61 Å². The van der Waals surface area contributed by atoms with Gasteiger partial charge in [0, 0.05) is 0 Å². The minimum absolute atomic E-state index is 0.120. The van der Waals surface area contributed by atoms with Gasteiger partial charge in [-0.3, -0.25) is 9.59 Å². The van der Waals surface area contributed by atoms with E-state index in [0.717, 1.165) is 11.1 Å². The normalized spacial score (nSPS) is 10.1. The first-order valence-corrected chi connectivity index (χ1v) is 7.59. The highest BCUT2D eigenvalue weighted by atomic mass is 16.5. The first-order valence-electron chi connectivity index (χ1n) is 7.59. The van der Waals surface area contributed by atoms with Crippen molar-refractivity contribution in [3.63, 3.8) is 0 Å². The maximum Gasteiger partial charge on any atom is 0.262 e. The lowest BCUT2D eigenvalue weighted by molar-refractivity contribution is -0.118. The molecule has 0 unspecified atom stereocenters. The molecule has 2 aromatic carbocycles. The molecule has 6 nitrogen and oxygen atoms in total. The van der Waals surface area contributed by atoms with Crippen molar-refractivity contribution in [2.45, 2.75) is 13.8 Å². The molecule has 2 amide bonds. The molecule has 0 radical (unpaired) electrons. The van der Waals surface area contributed by atoms with Gasteiger partial charge in [-0.15, -0.1) is 0 Å². The zero-order valence-corrected chi connectivity index (χ0v) is 13.8. The Morgan fingerprint density at radius 3 is 2.00 bits per heavy atom. The van der Waals surface area contributed by atoms with E-state index in [1.807, 2.05) is 32.0 Å². The zero-order valence-electron chi connectivity index (χ0n) is 13.8. The Balaban J connectivity index is 2.01. The highest BCUT2D eigenvalue weighted by Gasteiger charge is 2.10. The van der Waals surface area contributed by atoms with E-state index in [2.05, 4.69) is 10.6 Å². The van der Waals surface area contributed by atoms with E-state index in [4.69, 9.17) is 10.5 Å². The van der Waals surface area contributed by atoms with Crippen molar-refractivity contribution in [2.24, 2.45) is 5.73 Å². The lowest BCUT2D eigenvalue weighted by Crippen LogP contribution is -2.24. The average molecular weight is 327 g/mol. The number of carbonyl (C=O) groups is 2. The lowest BCUT2D eigenvalue weighted by atomic mass is 10.1. The SMILES string of the molecule is Cc1cccc(C)c1OCC(=O)Nc1ccccc1NC(=O)CN. The van der Waals surface area contributed by atoms with Gasteiger partial charge in [0.1, 0.15) is 5.75 Å². The smallest absolute Gasteiger partial charge is 0.262 e. The summed E-state index contributed by atoms with van der Waals surface area (Å²) in [5.41, 5.74) is 8.22. The Morgan fingerprint density at radius 2 is 1.46 bits per heavy atom. The molecule has 2 aromatic rings. The highest BCUT2D eigenvalue weighted by Crippen LogP contribution is 2.23. The maximum absolute atomic E-state index is 12.1. The number of para-hydroxylation sites is 3. The number of anilines is 2. The monoisotopic (exact) mass is 327 g/mol. The van der Waals surface area contributed by atoms with Gasteiger partial charge in [-0.05, 0) is 37.1 Å². The van der Waals surface area contributed by atoms with Crippen LogP contribution in [-0.2, 0) is 9.59 Å². The van der Waals surface area contributed by atoms with Crippen LogP contribution >= 0.6 is 0 Å². The fourth-order valence-electron chi connectivity index (χ4n) is 2.25. The molecule has 2 rings (SSSR count). The number of ether oxygens (including phenoxy) is 1. The number of nitrogens with two attached hydrogens (primary N) is 1. The van der Waals surface area contributed by atoms with E-state index in [9.17, 15) is 9.59 Å². The number of rotatable bonds is 6. The highest BCUT2D eigenvalue weighted by molar-refractivity contribution is 6.00. The van der Waals surface area contributed by atoms with Crippen LogP contribution in [0.5, 0.6) is 5.75 Å². The molecule has 4 N–H and O–H groups in total. The summed E-state index contributed by atoms with van der Waals surface area (Å²) >= 11 is 0. The summed E-state index contributed by atoms with van der Waals surface area (Å²) in [6.07, 6.45) is 0. The Kier molecular flexibility index (Phi) is 5.92. The summed E-state index contributed by atoms with van der Waals surface area (Å²) in [6, 6.07) is 12.7. The molecule has 0 saturated carbocycles. The second kappa shape index (κ2) is 8.12. The summed E-state index contributed by atoms with van der Waals surface area (Å²) in [5.74, 6) is 0.0629. The quantitative estimate of drug-likeness (QED) is 0.758. The van der Waals surface area contributed by atoms with Gasteiger partial charge in [-0.2, -0.15) is 0 Å². The van der Waals surface area contributed by atoms with E-state index in [1.54, 1.807) is 24.3 Å². The molecule has 0 bridgehead atoms. The number of benzene rings is 2. The van der Waals surface area contributed by atoms with Crippen molar-refractivity contribution in [1.82, 2.24) is 0 Å². The van der Waals surface area contributed by atoms with Crippen LogP contribution in [0.4, 0.5) is 11.4 Å². The van der Waals surface area contributed by atoms with Crippen molar-refractivity contribution in [1.29, 1.82) is 0 Å². The van der Waals surface area contributed by atoms with E-state index in [0.29, 0.717) is 17.1 Å². The summed E-state index contributed by atoms with van der Waals surface area (Å²) in [5, 5.41) is 5.37. The minimum Gasteiger partial charge on any atom is -0.483 e. The van der Waals surface area contributed by atoms with Gasteiger partial charge in [0.2, 0.25) is 5.91 Å². The second-order valence-electron chi connectivity index (χ2n) is 5.36. The first-order chi connectivity index (χ1) is 11.5. The van der Waals surface area contributed by atoms with Crippen molar-refractivity contribution >= 4 is 23.2 Å². The third kappa shape index (κ3) is 4.57. The van der Waals surface area contributed by atoms with Crippen LogP contribution in [0.2, 0.25) is 0 Å². The predicted octanol–water partition coefficient (Wildman–Crippen LogP) is 2.22. The van der Waals surface area contributed by atoms with Gasteiger partial charge in [-0.1, -0.05) is 30.3 Å². The molecular formula is C18H21N3O3. The molecule has 0 aliphatic rings. The summed E-state index contributed by atoms with van der Waals surface area (Å²) in [6.45, 7) is 3.61. The number of hydrogen-bond donors (Lipinski definition) is 3. The topological polar surface area (TPSA) is 93.5 Å². The summed E-state index contributed by atoms with van der Waals surface area (Å²) in [7, 11) is 0. The molecule has 0 aliphatic heterocycles. The minimum atomic E-state index is -0.330. The molecule has 0 aromatic heterocycles. The average Bonchev–Trinajstić information content (AvgIpc) is 2.56. The summed E-state index contributed by atoms with van der Waals surface area (Å²) in [4.78, 5) is 23.6. The number of carbonyl (C=O) groups excluding carboxylic acids is 2. The predicted molar refractivity (Wildman–Crippen MR) is 94.2 cm³/mol. The van der Waals surface area contributed by atoms with Crippen LogP contribution in [0.25, 0.3) is 0 Å². The van der Waals surface area contributed by atoms with Crippen LogP contribution in [0, 0.1) is 13.8 Å². The van der Waals surface area contributed by atoms with Crippen molar-refractivity contribution in [2.75, 3.05) is 23.8 Å². The molecule has 0 atom stereocenters. The van der Waals surface area contributed by atoms with Crippen LogP contribution < -0.4 is 21.1 Å². The van der Waals surface area contributed by atoms with E-state index in [-0.39, 0.29) is 25.0 Å². The number of aryl methyl sites for hydroxylation is 2. The molecular weight excluding hydrogens is 306 g/mol. The second-order valence-corrected chi connectivity index (χ2v) is 5.36. The van der Waals surface area contributed by atoms with Crippen LogP contribution in [-0.4, -0.2) is 25.0 Å². The molecule has 6 heteroatoms. The van der Waals surface area contributed by atoms with Gasteiger partial charge >= 0.3 is 0 Å². The number of nitrogens with one attached hydrogen (secondary N) is 2. The van der Waals surface area contributed by atoms with Crippen molar-refractivity contribution in [3.05, 3.63) is 53.6 Å². The largest absolute Gasteiger partial charge is 0.483 e. The Morgan fingerprint density at radius 1 is 0.917 bits per heavy atom. The van der Waals surface area contributed by atoms with Gasteiger partial charge in [0.05, 0.1) is 17.9 Å². The van der Waals surface area contributed by atoms with Crippen molar-refractivity contribution < 1.29 is 14.3 Å². The molecule has 0 saturated heterocycles. The standard InChI is InChI=1S/C18H21N3O3/c1-12-6-5-7-13(2)18(12)24-11-17(23)21-15-9-4-3-8-14(15)20-16(22)10-19/h3-9H,10-11,19H2,1-2H3,(H,20,22)(H,21,23). The third-order valence-electron chi connectivity index (χ3n) is 3.42. The Bertz CT molecular complexity index is 724. The lowest BCUT2D eigenvalue weighted by Gasteiger charge is -2.14. The Labute approximate surface area is 141 Å². The molecule has 126 valence electrons.